The number of rotatable bonds is 3. The van der Waals surface area contributed by atoms with Crippen molar-refractivity contribution in [1.29, 1.82) is 0 Å². The average molecular weight is 183 g/mol. The van der Waals surface area contributed by atoms with Gasteiger partial charge >= 0.3 is 0 Å². The first-order valence-electron chi connectivity index (χ1n) is 5.51. The Hall–Kier alpha value is -0.530. The van der Waals surface area contributed by atoms with Crippen LogP contribution >= 0.6 is 0 Å². The molecule has 13 heavy (non-hydrogen) atoms. The van der Waals surface area contributed by atoms with Gasteiger partial charge in [0.1, 0.15) is 0 Å². The van der Waals surface area contributed by atoms with Gasteiger partial charge in [-0.05, 0) is 25.2 Å². The lowest BCUT2D eigenvalue weighted by atomic mass is 9.76. The first kappa shape index (κ1) is 10.6. The van der Waals surface area contributed by atoms with E-state index in [-0.39, 0.29) is 5.91 Å². The molecular weight excluding hydrogens is 162 g/mol. The summed E-state index contributed by atoms with van der Waals surface area (Å²) < 4.78 is 0. The number of amides is 1. The number of hydrogen-bond donors (Lipinski definition) is 1. The fourth-order valence-corrected chi connectivity index (χ4v) is 2.45. The molecule has 0 bridgehead atoms. The van der Waals surface area contributed by atoms with Gasteiger partial charge in [0, 0.05) is 13.0 Å². The van der Waals surface area contributed by atoms with Crippen molar-refractivity contribution in [2.75, 3.05) is 7.05 Å². The molecule has 0 aromatic rings. The average Bonchev–Trinajstić information content (AvgIpc) is 2.18. The van der Waals surface area contributed by atoms with Crippen molar-refractivity contribution in [3.63, 3.8) is 0 Å². The molecule has 0 radical (unpaired) electrons. The van der Waals surface area contributed by atoms with Gasteiger partial charge in [-0.15, -0.1) is 0 Å². The van der Waals surface area contributed by atoms with Gasteiger partial charge in [0.2, 0.25) is 5.91 Å². The third-order valence-corrected chi connectivity index (χ3v) is 3.15. The van der Waals surface area contributed by atoms with Gasteiger partial charge in [-0.2, -0.15) is 0 Å². The van der Waals surface area contributed by atoms with Crippen molar-refractivity contribution >= 4 is 5.91 Å². The van der Waals surface area contributed by atoms with Crippen molar-refractivity contribution in [1.82, 2.24) is 5.32 Å². The lowest BCUT2D eigenvalue weighted by molar-refractivity contribution is -0.127. The highest BCUT2D eigenvalue weighted by molar-refractivity contribution is 5.78. The van der Waals surface area contributed by atoms with Gasteiger partial charge < -0.3 is 5.32 Å². The zero-order valence-corrected chi connectivity index (χ0v) is 8.81. The minimum Gasteiger partial charge on any atom is -0.359 e. The summed E-state index contributed by atoms with van der Waals surface area (Å²) in [6.45, 7) is 2.20. The number of carbonyl (C=O) groups is 1. The zero-order chi connectivity index (χ0) is 9.68. The first-order valence-corrected chi connectivity index (χ1v) is 5.51. The Balaban J connectivity index is 2.50. The van der Waals surface area contributed by atoms with E-state index in [1.165, 1.54) is 32.1 Å². The van der Waals surface area contributed by atoms with Crippen LogP contribution < -0.4 is 5.32 Å². The van der Waals surface area contributed by atoms with E-state index in [4.69, 9.17) is 0 Å². The minimum absolute atomic E-state index is 0.262. The lowest BCUT2D eigenvalue weighted by Crippen LogP contribution is -2.34. The van der Waals surface area contributed by atoms with Crippen molar-refractivity contribution in [2.24, 2.45) is 11.8 Å². The van der Waals surface area contributed by atoms with Crippen LogP contribution in [0.4, 0.5) is 0 Å². The lowest BCUT2D eigenvalue weighted by Gasteiger charge is -2.29. The number of carbonyl (C=O) groups excluding carboxylic acids is 1. The molecule has 0 aromatic heterocycles. The van der Waals surface area contributed by atoms with E-state index in [0.717, 1.165) is 6.42 Å². The van der Waals surface area contributed by atoms with Gasteiger partial charge in [0.05, 0.1) is 0 Å². The maximum atomic E-state index is 11.5. The normalized spacial score (nSPS) is 28.5. The highest BCUT2D eigenvalue weighted by atomic mass is 16.1. The molecule has 0 aliphatic heterocycles. The second kappa shape index (κ2) is 5.25. The van der Waals surface area contributed by atoms with Crippen LogP contribution in [-0.2, 0) is 4.79 Å². The molecule has 76 valence electrons. The molecule has 1 fully saturated rings. The Kier molecular flexibility index (Phi) is 4.26. The molecule has 1 aliphatic rings. The van der Waals surface area contributed by atoms with E-state index in [9.17, 15) is 4.79 Å². The molecule has 2 nitrogen and oxygen atoms in total. The molecule has 1 N–H and O–H groups in total. The SMILES string of the molecule is CCCC1CCCCC1C(=O)NC. The maximum absolute atomic E-state index is 11.5. The van der Waals surface area contributed by atoms with Crippen molar-refractivity contribution in [2.45, 2.75) is 45.4 Å². The van der Waals surface area contributed by atoms with Crippen LogP contribution in [0.5, 0.6) is 0 Å². The molecule has 2 atom stereocenters. The Morgan fingerprint density at radius 3 is 2.69 bits per heavy atom. The Morgan fingerprint density at radius 1 is 1.38 bits per heavy atom. The van der Waals surface area contributed by atoms with Crippen LogP contribution in [-0.4, -0.2) is 13.0 Å². The molecule has 0 spiro atoms. The molecule has 0 heterocycles. The van der Waals surface area contributed by atoms with Crippen LogP contribution in [0.15, 0.2) is 0 Å². The molecule has 0 aromatic carbocycles. The van der Waals surface area contributed by atoms with Crippen LogP contribution in [0.2, 0.25) is 0 Å². The van der Waals surface area contributed by atoms with Gasteiger partial charge in [-0.1, -0.05) is 26.2 Å². The van der Waals surface area contributed by atoms with Crippen LogP contribution in [0.25, 0.3) is 0 Å². The van der Waals surface area contributed by atoms with Gasteiger partial charge in [0.15, 0.2) is 0 Å². The topological polar surface area (TPSA) is 29.1 Å². The van der Waals surface area contributed by atoms with Crippen molar-refractivity contribution < 1.29 is 4.79 Å². The summed E-state index contributed by atoms with van der Waals surface area (Å²) in [6, 6.07) is 0. The summed E-state index contributed by atoms with van der Waals surface area (Å²) in [5.74, 6) is 1.22. The number of nitrogens with one attached hydrogen (secondary N) is 1. The minimum atomic E-state index is 0.262. The largest absolute Gasteiger partial charge is 0.359 e. The van der Waals surface area contributed by atoms with E-state index >= 15 is 0 Å². The van der Waals surface area contributed by atoms with Crippen LogP contribution in [0, 0.1) is 11.8 Å². The molecule has 2 unspecified atom stereocenters. The monoisotopic (exact) mass is 183 g/mol. The zero-order valence-electron chi connectivity index (χ0n) is 8.81. The summed E-state index contributed by atoms with van der Waals surface area (Å²) in [5, 5.41) is 2.78. The summed E-state index contributed by atoms with van der Waals surface area (Å²) in [5.41, 5.74) is 0. The quantitative estimate of drug-likeness (QED) is 0.715. The Labute approximate surface area is 81.1 Å². The molecule has 1 saturated carbocycles. The van der Waals surface area contributed by atoms with Crippen molar-refractivity contribution in [3.8, 4) is 0 Å². The molecule has 0 saturated heterocycles. The van der Waals surface area contributed by atoms with E-state index in [2.05, 4.69) is 12.2 Å². The Bertz CT molecular complexity index is 165. The molecule has 1 amide bonds. The fraction of sp³-hybridized carbons (Fsp3) is 0.909. The smallest absolute Gasteiger partial charge is 0.223 e. The molecule has 1 aliphatic carbocycles. The summed E-state index contributed by atoms with van der Waals surface area (Å²) in [7, 11) is 1.75. The highest BCUT2D eigenvalue weighted by Gasteiger charge is 2.29. The predicted octanol–water partition coefficient (Wildman–Crippen LogP) is 2.34. The first-order chi connectivity index (χ1) is 6.29. The van der Waals surface area contributed by atoms with Crippen LogP contribution in [0.3, 0.4) is 0 Å². The van der Waals surface area contributed by atoms with Gasteiger partial charge in [-0.3, -0.25) is 4.79 Å². The Morgan fingerprint density at radius 2 is 2.08 bits per heavy atom. The summed E-state index contributed by atoms with van der Waals surface area (Å²) in [4.78, 5) is 11.5. The van der Waals surface area contributed by atoms with E-state index < -0.39 is 0 Å². The second-order valence-corrected chi connectivity index (χ2v) is 4.05. The predicted molar refractivity (Wildman–Crippen MR) is 54.4 cm³/mol. The second-order valence-electron chi connectivity index (χ2n) is 4.05. The van der Waals surface area contributed by atoms with E-state index in [0.29, 0.717) is 11.8 Å². The van der Waals surface area contributed by atoms with Crippen LogP contribution in [0.1, 0.15) is 45.4 Å². The third-order valence-electron chi connectivity index (χ3n) is 3.15. The molecule has 1 rings (SSSR count). The standard InChI is InChI=1S/C11H21NO/c1-3-6-9-7-4-5-8-10(9)11(13)12-2/h9-10H,3-8H2,1-2H3,(H,12,13). The van der Waals surface area contributed by atoms with Crippen molar-refractivity contribution in [3.05, 3.63) is 0 Å². The fourth-order valence-electron chi connectivity index (χ4n) is 2.45. The maximum Gasteiger partial charge on any atom is 0.223 e. The summed E-state index contributed by atoms with van der Waals surface area (Å²) >= 11 is 0. The van der Waals surface area contributed by atoms with E-state index in [1.54, 1.807) is 7.05 Å². The molecule has 2 heteroatoms. The number of hydrogen-bond acceptors (Lipinski definition) is 1. The van der Waals surface area contributed by atoms with Gasteiger partial charge in [-0.25, -0.2) is 0 Å². The van der Waals surface area contributed by atoms with E-state index in [1.807, 2.05) is 0 Å². The molecular formula is C11H21NO. The third kappa shape index (κ3) is 2.71. The highest BCUT2D eigenvalue weighted by Crippen LogP contribution is 2.33. The summed E-state index contributed by atoms with van der Waals surface area (Å²) in [6.07, 6.45) is 7.34. The van der Waals surface area contributed by atoms with Gasteiger partial charge in [0.25, 0.3) is 0 Å².